The summed E-state index contributed by atoms with van der Waals surface area (Å²) in [7, 11) is 0. The van der Waals surface area contributed by atoms with E-state index in [4.69, 9.17) is 4.74 Å². The van der Waals surface area contributed by atoms with Crippen LogP contribution >= 0.6 is 0 Å². The predicted octanol–water partition coefficient (Wildman–Crippen LogP) is 0.257. The molecule has 2 N–H and O–H groups in total. The van der Waals surface area contributed by atoms with Crippen molar-refractivity contribution >= 4 is 0 Å². The van der Waals surface area contributed by atoms with Crippen molar-refractivity contribution in [2.75, 3.05) is 6.61 Å². The molecule has 3 rings (SSSR count). The molecule has 24 heavy (non-hydrogen) atoms. The molecular weight excluding hydrogens is 312 g/mol. The van der Waals surface area contributed by atoms with Crippen LogP contribution in [0.25, 0.3) is 5.69 Å². The smallest absolute Gasteiger partial charge is 0.337 e. The van der Waals surface area contributed by atoms with E-state index in [0.717, 1.165) is 10.1 Å². The molecule has 0 saturated carbocycles. The van der Waals surface area contributed by atoms with Crippen molar-refractivity contribution in [1.29, 1.82) is 0 Å². The average molecular weight is 332 g/mol. The van der Waals surface area contributed by atoms with E-state index in [9.17, 15) is 19.8 Å². The van der Waals surface area contributed by atoms with Crippen LogP contribution in [0.4, 0.5) is 0 Å². The average Bonchev–Trinajstić information content (AvgIpc) is 2.93. The van der Waals surface area contributed by atoms with Crippen LogP contribution in [-0.4, -0.2) is 38.2 Å². The largest absolute Gasteiger partial charge is 0.394 e. The number of hydrogen-bond acceptors (Lipinski definition) is 5. The maximum absolute atomic E-state index is 12.8. The van der Waals surface area contributed by atoms with Gasteiger partial charge in [-0.05, 0) is 26.0 Å². The summed E-state index contributed by atoms with van der Waals surface area (Å²) in [6.07, 6.45) is -0.696. The topological polar surface area (TPSA) is 93.7 Å². The van der Waals surface area contributed by atoms with Crippen LogP contribution in [0, 0.1) is 13.8 Å². The van der Waals surface area contributed by atoms with Gasteiger partial charge in [0.25, 0.3) is 5.56 Å². The highest BCUT2D eigenvalue weighted by Gasteiger charge is 2.35. The Balaban J connectivity index is 2.12. The first-order valence-electron chi connectivity index (χ1n) is 7.78. The lowest BCUT2D eigenvalue weighted by Gasteiger charge is -2.17. The zero-order chi connectivity index (χ0) is 17.4. The predicted molar refractivity (Wildman–Crippen MR) is 87.4 cm³/mol. The fourth-order valence-electron chi connectivity index (χ4n) is 2.88. The fourth-order valence-corrected chi connectivity index (χ4v) is 2.88. The van der Waals surface area contributed by atoms with Gasteiger partial charge in [0, 0.05) is 18.2 Å². The van der Waals surface area contributed by atoms with Gasteiger partial charge in [0.2, 0.25) is 0 Å². The second-order valence-electron chi connectivity index (χ2n) is 6.09. The lowest BCUT2D eigenvalue weighted by Crippen LogP contribution is -2.41. The van der Waals surface area contributed by atoms with E-state index in [-0.39, 0.29) is 13.0 Å². The number of nitrogens with zero attached hydrogens (tertiary/aromatic N) is 2. The van der Waals surface area contributed by atoms with Gasteiger partial charge >= 0.3 is 5.69 Å². The fraction of sp³-hybridized carbons (Fsp3) is 0.412. The quantitative estimate of drug-likeness (QED) is 0.841. The Morgan fingerprint density at radius 3 is 2.46 bits per heavy atom. The van der Waals surface area contributed by atoms with Crippen LogP contribution in [0.3, 0.4) is 0 Å². The second kappa shape index (κ2) is 6.35. The minimum absolute atomic E-state index is 0.177. The van der Waals surface area contributed by atoms with Crippen LogP contribution in [-0.2, 0) is 4.74 Å². The number of benzene rings is 1. The van der Waals surface area contributed by atoms with Crippen molar-refractivity contribution in [1.82, 2.24) is 9.13 Å². The number of ether oxygens (including phenoxy) is 1. The van der Waals surface area contributed by atoms with Gasteiger partial charge in [-0.3, -0.25) is 9.36 Å². The van der Waals surface area contributed by atoms with E-state index in [0.29, 0.717) is 11.3 Å². The third kappa shape index (κ3) is 2.82. The molecule has 0 spiro atoms. The van der Waals surface area contributed by atoms with E-state index in [1.807, 2.05) is 19.1 Å². The van der Waals surface area contributed by atoms with Gasteiger partial charge in [0.05, 0.1) is 18.4 Å². The standard InChI is InChI=1S/C17H20N2O5/c1-10-3-5-12(6-4-10)19-16(22)11(2)8-18(17(19)23)15-7-13(21)14(9-20)24-15/h3-6,8,13-15,20-21H,7,9H2,1-2H3/t13-,14+,15+/m0/s1. The Morgan fingerprint density at radius 1 is 1.21 bits per heavy atom. The zero-order valence-electron chi connectivity index (χ0n) is 13.5. The van der Waals surface area contributed by atoms with Crippen LogP contribution in [0.5, 0.6) is 0 Å². The van der Waals surface area contributed by atoms with Crippen molar-refractivity contribution in [3.63, 3.8) is 0 Å². The summed E-state index contributed by atoms with van der Waals surface area (Å²) in [6, 6.07) is 7.07. The summed E-state index contributed by atoms with van der Waals surface area (Å²) in [4.78, 5) is 25.3. The number of aryl methyl sites for hydroxylation is 2. The molecular formula is C17H20N2O5. The molecule has 0 aliphatic carbocycles. The molecule has 1 aliphatic heterocycles. The molecule has 1 aliphatic rings. The van der Waals surface area contributed by atoms with Crippen molar-refractivity contribution in [2.24, 2.45) is 0 Å². The van der Waals surface area contributed by atoms with Crippen LogP contribution in [0.2, 0.25) is 0 Å². The van der Waals surface area contributed by atoms with E-state index in [1.165, 1.54) is 10.8 Å². The van der Waals surface area contributed by atoms with Gasteiger partial charge in [0.15, 0.2) is 0 Å². The highest BCUT2D eigenvalue weighted by molar-refractivity contribution is 5.34. The Bertz CT molecular complexity index is 853. The molecule has 0 amide bonds. The van der Waals surface area contributed by atoms with Crippen molar-refractivity contribution in [3.8, 4) is 5.69 Å². The third-order valence-electron chi connectivity index (χ3n) is 4.27. The highest BCUT2D eigenvalue weighted by atomic mass is 16.5. The molecule has 7 heteroatoms. The van der Waals surface area contributed by atoms with Crippen LogP contribution in [0.15, 0.2) is 40.1 Å². The summed E-state index contributed by atoms with van der Waals surface area (Å²) in [5.41, 5.74) is 0.960. The summed E-state index contributed by atoms with van der Waals surface area (Å²) in [5, 5.41) is 19.1. The number of hydrogen-bond donors (Lipinski definition) is 2. The number of aliphatic hydroxyl groups excluding tert-OH is 2. The zero-order valence-corrected chi connectivity index (χ0v) is 13.5. The number of aliphatic hydroxyl groups is 2. The SMILES string of the molecule is Cc1ccc(-n2c(=O)c(C)cn([C@H]3C[C@H](O)[C@@H](CO)O3)c2=O)cc1. The molecule has 1 saturated heterocycles. The van der Waals surface area contributed by atoms with Gasteiger partial charge < -0.3 is 14.9 Å². The van der Waals surface area contributed by atoms with E-state index >= 15 is 0 Å². The molecule has 3 atom stereocenters. The van der Waals surface area contributed by atoms with E-state index < -0.39 is 29.7 Å². The molecule has 1 fully saturated rings. The first-order chi connectivity index (χ1) is 11.4. The summed E-state index contributed by atoms with van der Waals surface area (Å²) >= 11 is 0. The second-order valence-corrected chi connectivity index (χ2v) is 6.09. The molecule has 1 aromatic carbocycles. The maximum Gasteiger partial charge on any atom is 0.337 e. The minimum atomic E-state index is -0.855. The molecule has 2 heterocycles. The van der Waals surface area contributed by atoms with Crippen LogP contribution in [0.1, 0.15) is 23.8 Å². The molecule has 2 aromatic rings. The van der Waals surface area contributed by atoms with Gasteiger partial charge in [-0.15, -0.1) is 0 Å². The Labute approximate surface area is 138 Å². The first kappa shape index (κ1) is 16.6. The summed E-state index contributed by atoms with van der Waals surface area (Å²) in [6.45, 7) is 3.21. The number of aromatic nitrogens is 2. The van der Waals surface area contributed by atoms with Crippen molar-refractivity contribution in [2.45, 2.75) is 38.7 Å². The van der Waals surface area contributed by atoms with Crippen molar-refractivity contribution < 1.29 is 14.9 Å². The summed E-state index contributed by atoms with van der Waals surface area (Å²) in [5.74, 6) is 0. The molecule has 7 nitrogen and oxygen atoms in total. The summed E-state index contributed by atoms with van der Waals surface area (Å²) < 4.78 is 7.94. The van der Waals surface area contributed by atoms with Gasteiger partial charge in [-0.2, -0.15) is 0 Å². The molecule has 0 radical (unpaired) electrons. The third-order valence-corrected chi connectivity index (χ3v) is 4.27. The first-order valence-corrected chi connectivity index (χ1v) is 7.78. The number of rotatable bonds is 3. The Hall–Kier alpha value is -2.22. The molecule has 128 valence electrons. The Kier molecular flexibility index (Phi) is 4.40. The Morgan fingerprint density at radius 2 is 1.88 bits per heavy atom. The van der Waals surface area contributed by atoms with Gasteiger partial charge in [0.1, 0.15) is 12.3 Å². The monoisotopic (exact) mass is 332 g/mol. The van der Waals surface area contributed by atoms with E-state index in [2.05, 4.69) is 0 Å². The van der Waals surface area contributed by atoms with Gasteiger partial charge in [-0.25, -0.2) is 9.36 Å². The van der Waals surface area contributed by atoms with Gasteiger partial charge in [-0.1, -0.05) is 17.7 Å². The molecule has 0 bridgehead atoms. The van der Waals surface area contributed by atoms with Crippen LogP contribution < -0.4 is 11.2 Å². The van der Waals surface area contributed by atoms with Crippen molar-refractivity contribution in [3.05, 3.63) is 62.4 Å². The normalized spacial score (nSPS) is 23.6. The maximum atomic E-state index is 12.8. The molecule has 0 unspecified atom stereocenters. The minimum Gasteiger partial charge on any atom is -0.394 e. The molecule has 1 aromatic heterocycles. The lowest BCUT2D eigenvalue weighted by molar-refractivity contribution is -0.0461. The van der Waals surface area contributed by atoms with E-state index in [1.54, 1.807) is 19.1 Å². The lowest BCUT2D eigenvalue weighted by atomic mass is 10.2. The highest BCUT2D eigenvalue weighted by Crippen LogP contribution is 2.27.